The van der Waals surface area contributed by atoms with Crippen LogP contribution in [0.4, 0.5) is 28.2 Å². The lowest BCUT2D eigenvalue weighted by Gasteiger charge is -2.40. The number of hydrogen-bond donors (Lipinski definition) is 0. The number of alkyl halides is 3. The minimum atomic E-state index is -5.23. The van der Waals surface area contributed by atoms with E-state index >= 15 is 4.39 Å². The summed E-state index contributed by atoms with van der Waals surface area (Å²) in [5.74, 6) is -3.39. The van der Waals surface area contributed by atoms with E-state index in [0.29, 0.717) is 0 Å². The van der Waals surface area contributed by atoms with E-state index in [4.69, 9.17) is 14.2 Å². The molecule has 0 bridgehead atoms. The summed E-state index contributed by atoms with van der Waals surface area (Å²) in [6, 6.07) is 4.33. The summed E-state index contributed by atoms with van der Waals surface area (Å²) >= 11 is 0. The number of benzene rings is 1. The summed E-state index contributed by atoms with van der Waals surface area (Å²) in [6.45, 7) is 1.01. The molecule has 2 saturated heterocycles. The van der Waals surface area contributed by atoms with E-state index in [1.807, 2.05) is 13.1 Å². The van der Waals surface area contributed by atoms with Gasteiger partial charge in [0, 0.05) is 25.7 Å². The van der Waals surface area contributed by atoms with Crippen LogP contribution < -0.4 is 19.9 Å². The molecule has 0 unspecified atom stereocenters. The zero-order valence-corrected chi connectivity index (χ0v) is 24.7. The van der Waals surface area contributed by atoms with Gasteiger partial charge >= 0.3 is 18.3 Å². The molecule has 0 aliphatic carbocycles. The molecule has 5 rings (SSSR count). The summed E-state index contributed by atoms with van der Waals surface area (Å²) in [5, 5.41) is 9.41. The van der Waals surface area contributed by atoms with E-state index in [-0.39, 0.29) is 60.8 Å². The molecule has 1 amide bonds. The van der Waals surface area contributed by atoms with Gasteiger partial charge in [-0.15, -0.1) is 0 Å². The van der Waals surface area contributed by atoms with E-state index in [1.54, 1.807) is 0 Å². The molecule has 2 aromatic heterocycles. The molecule has 13 nitrogen and oxygen atoms in total. The van der Waals surface area contributed by atoms with Gasteiger partial charge in [0.25, 0.3) is 5.56 Å². The van der Waals surface area contributed by atoms with Gasteiger partial charge in [0.05, 0.1) is 32.8 Å². The van der Waals surface area contributed by atoms with E-state index in [2.05, 4.69) is 19.9 Å². The van der Waals surface area contributed by atoms with Gasteiger partial charge in [-0.1, -0.05) is 6.07 Å². The van der Waals surface area contributed by atoms with Gasteiger partial charge in [0.15, 0.2) is 17.2 Å². The number of hydrogen-bond acceptors (Lipinski definition) is 11. The first-order valence-corrected chi connectivity index (χ1v) is 14.0. The summed E-state index contributed by atoms with van der Waals surface area (Å²) in [7, 11) is 4.25. The second kappa shape index (κ2) is 12.7. The number of amides is 1. The fourth-order valence-electron chi connectivity index (χ4n) is 5.64. The lowest BCUT2D eigenvalue weighted by Crippen LogP contribution is -2.55. The maximum atomic E-state index is 15.1. The van der Waals surface area contributed by atoms with Crippen LogP contribution in [0.1, 0.15) is 25.1 Å². The Hall–Kier alpha value is -4.72. The molecule has 2 atom stereocenters. The number of para-hydroxylation sites is 1. The van der Waals surface area contributed by atoms with Crippen LogP contribution in [0.3, 0.4) is 0 Å². The minimum absolute atomic E-state index is 0.0152. The number of nitriles is 1. The van der Waals surface area contributed by atoms with E-state index in [9.17, 15) is 28.0 Å². The lowest BCUT2D eigenvalue weighted by atomic mass is 10.1. The summed E-state index contributed by atoms with van der Waals surface area (Å²) in [4.78, 5) is 43.7. The van der Waals surface area contributed by atoms with Crippen molar-refractivity contribution in [3.8, 4) is 23.5 Å². The molecule has 2 fully saturated rings. The second-order valence-electron chi connectivity index (χ2n) is 10.6. The smallest absolute Gasteiger partial charge is 0.450 e. The molecule has 2 aliphatic rings. The monoisotopic (exact) mass is 634 g/mol. The van der Waals surface area contributed by atoms with Gasteiger partial charge in [-0.05, 0) is 38.6 Å². The first-order valence-electron chi connectivity index (χ1n) is 14.0. The highest BCUT2D eigenvalue weighted by Gasteiger charge is 2.41. The first kappa shape index (κ1) is 31.7. The Balaban J connectivity index is 1.72. The number of likely N-dealkylation sites (N-methyl/N-ethyl adjacent to an activating group) is 1. The maximum Gasteiger partial charge on any atom is 0.450 e. The number of carbonyl (C=O) groups excluding carboxylic acids is 1. The van der Waals surface area contributed by atoms with Gasteiger partial charge < -0.3 is 28.9 Å². The highest BCUT2D eigenvalue weighted by atomic mass is 19.4. The number of ether oxygens (including phenoxy) is 3. The number of likely N-dealkylation sites (tertiary alicyclic amines) is 1. The molecule has 0 spiro atoms. The van der Waals surface area contributed by atoms with Crippen molar-refractivity contribution in [3.05, 3.63) is 40.2 Å². The van der Waals surface area contributed by atoms with Crippen molar-refractivity contribution in [2.45, 2.75) is 37.5 Å². The van der Waals surface area contributed by atoms with E-state index < -0.39 is 52.2 Å². The number of anilines is 1. The Kier molecular flexibility index (Phi) is 8.96. The van der Waals surface area contributed by atoms with Gasteiger partial charge in [0.2, 0.25) is 5.82 Å². The standard InChI is InChI=1S/C28H30F4N8O5/c1-37-11-5-6-17(37)15-45-26-35-21-20(23(36-26)38-12-13-39(27(42)44-3)16(14-38)9-10-33)34-25(28(30,31)32)40(24(21)41)22-18(29)7-4-8-19(22)43-2/h4,7-8,16-17H,5-6,9,11-15H2,1-3H3/t16-,17-/m0/s1. The predicted octanol–water partition coefficient (Wildman–Crippen LogP) is 2.99. The van der Waals surface area contributed by atoms with Crippen LogP contribution in [0.5, 0.6) is 11.8 Å². The summed E-state index contributed by atoms with van der Waals surface area (Å²) in [6.07, 6.45) is -4.25. The highest BCUT2D eigenvalue weighted by molar-refractivity contribution is 5.86. The number of aromatic nitrogens is 4. The largest absolute Gasteiger partial charge is 0.494 e. The number of rotatable bonds is 7. The third kappa shape index (κ3) is 6.14. The third-order valence-electron chi connectivity index (χ3n) is 7.92. The minimum Gasteiger partial charge on any atom is -0.494 e. The SMILES string of the molecule is COC(=O)N1CCN(c2nc(OC[C@@H]3CCCN3C)nc3c(=O)n(-c4c(F)cccc4OC)c(C(F)(F)F)nc23)C[C@@H]1CC#N. The Labute approximate surface area is 254 Å². The van der Waals surface area contributed by atoms with Gasteiger partial charge in [0.1, 0.15) is 23.6 Å². The van der Waals surface area contributed by atoms with Crippen molar-refractivity contribution in [2.24, 2.45) is 0 Å². The van der Waals surface area contributed by atoms with Crippen molar-refractivity contribution in [1.82, 2.24) is 29.3 Å². The van der Waals surface area contributed by atoms with Crippen molar-refractivity contribution in [3.63, 3.8) is 0 Å². The van der Waals surface area contributed by atoms with Crippen molar-refractivity contribution < 1.29 is 36.6 Å². The quantitative estimate of drug-likeness (QED) is 0.355. The van der Waals surface area contributed by atoms with Crippen LogP contribution in [0, 0.1) is 17.1 Å². The van der Waals surface area contributed by atoms with Crippen LogP contribution in [0.2, 0.25) is 0 Å². The molecular weight excluding hydrogens is 604 g/mol. The molecule has 0 saturated carbocycles. The predicted molar refractivity (Wildman–Crippen MR) is 151 cm³/mol. The van der Waals surface area contributed by atoms with Gasteiger partial charge in [-0.3, -0.25) is 4.79 Å². The van der Waals surface area contributed by atoms with E-state index in [1.165, 1.54) is 29.0 Å². The molecule has 0 N–H and O–H groups in total. The maximum absolute atomic E-state index is 15.1. The van der Waals surface area contributed by atoms with Crippen molar-refractivity contribution in [1.29, 1.82) is 5.26 Å². The topological polar surface area (TPSA) is 139 Å². The lowest BCUT2D eigenvalue weighted by molar-refractivity contribution is -0.146. The fraction of sp³-hybridized carbons (Fsp3) is 0.500. The molecule has 3 aromatic rings. The molecule has 0 radical (unpaired) electrons. The zero-order chi connectivity index (χ0) is 32.5. The molecule has 4 heterocycles. The van der Waals surface area contributed by atoms with Gasteiger partial charge in [-0.25, -0.2) is 18.7 Å². The molecule has 17 heteroatoms. The third-order valence-corrected chi connectivity index (χ3v) is 7.92. The van der Waals surface area contributed by atoms with Crippen LogP contribution in [-0.2, 0) is 10.9 Å². The molecule has 240 valence electrons. The fourth-order valence-corrected chi connectivity index (χ4v) is 5.64. The number of fused-ring (bicyclic) bond motifs is 1. The number of nitrogens with zero attached hydrogens (tertiary/aromatic N) is 8. The van der Waals surface area contributed by atoms with Gasteiger partial charge in [-0.2, -0.15) is 28.4 Å². The average Bonchev–Trinajstić information content (AvgIpc) is 3.43. The number of piperazine rings is 1. The molecule has 45 heavy (non-hydrogen) atoms. The number of carbonyl (C=O) groups is 1. The number of halogens is 4. The molecule has 1 aromatic carbocycles. The highest BCUT2D eigenvalue weighted by Crippen LogP contribution is 2.35. The molecule has 2 aliphatic heterocycles. The summed E-state index contributed by atoms with van der Waals surface area (Å²) < 4.78 is 74.8. The Bertz CT molecular complexity index is 1690. The number of methoxy groups -OCH3 is 2. The normalized spacial score (nSPS) is 19.1. The van der Waals surface area contributed by atoms with E-state index in [0.717, 1.165) is 32.6 Å². The Morgan fingerprint density at radius 3 is 2.53 bits per heavy atom. The van der Waals surface area contributed by atoms with Crippen molar-refractivity contribution >= 4 is 22.9 Å². The van der Waals surface area contributed by atoms with Crippen LogP contribution in [0.25, 0.3) is 16.7 Å². The second-order valence-corrected chi connectivity index (χ2v) is 10.6. The van der Waals surface area contributed by atoms with Crippen LogP contribution in [0.15, 0.2) is 23.0 Å². The Morgan fingerprint density at radius 2 is 1.89 bits per heavy atom. The van der Waals surface area contributed by atoms with Crippen LogP contribution in [-0.4, -0.2) is 102 Å². The molecular formula is C28H30F4N8O5. The Morgan fingerprint density at radius 1 is 1.11 bits per heavy atom. The van der Waals surface area contributed by atoms with Crippen LogP contribution >= 0.6 is 0 Å². The first-order chi connectivity index (χ1) is 21.5. The summed E-state index contributed by atoms with van der Waals surface area (Å²) in [5.41, 5.74) is -3.18. The average molecular weight is 635 g/mol. The van der Waals surface area contributed by atoms with Crippen molar-refractivity contribution in [2.75, 3.05) is 59.0 Å². The zero-order valence-electron chi connectivity index (χ0n) is 24.7.